The van der Waals surface area contributed by atoms with Crippen molar-refractivity contribution < 1.29 is 22.2 Å². The quantitative estimate of drug-likeness (QED) is 0.357. The number of hydrogen-bond acceptors (Lipinski definition) is 1. The SMILES string of the molecule is C#CC(O)(C1=C[CH][CH][CH-]1)C1c2ccccc2-c2ccccc21.[Fe+2].c1cc[cH-]c1. The first kappa shape index (κ1) is 20.2. The van der Waals surface area contributed by atoms with Gasteiger partial charge in [0, 0.05) is 0 Å². The van der Waals surface area contributed by atoms with Crippen molar-refractivity contribution in [3.05, 3.63) is 121 Å². The van der Waals surface area contributed by atoms with Crippen molar-refractivity contribution in [2.45, 2.75) is 11.5 Å². The largest absolute Gasteiger partial charge is 2.00 e. The normalized spacial score (nSPS) is 16.1. The molecular weight excluding hydrogens is 384 g/mol. The number of hydrogen-bond donors (Lipinski definition) is 1. The van der Waals surface area contributed by atoms with Crippen LogP contribution in [0.15, 0.2) is 90.5 Å². The summed E-state index contributed by atoms with van der Waals surface area (Å²) in [5.41, 5.74) is 3.92. The van der Waals surface area contributed by atoms with Gasteiger partial charge in [0.15, 0.2) is 0 Å². The molecule has 5 rings (SSSR count). The topological polar surface area (TPSA) is 20.2 Å². The zero-order valence-electron chi connectivity index (χ0n) is 15.3. The molecule has 1 atom stereocenters. The summed E-state index contributed by atoms with van der Waals surface area (Å²) >= 11 is 0. The van der Waals surface area contributed by atoms with Gasteiger partial charge in [0.05, 0.1) is 5.92 Å². The monoisotopic (exact) mass is 404 g/mol. The van der Waals surface area contributed by atoms with Gasteiger partial charge in [-0.3, -0.25) is 0 Å². The molecule has 0 amide bonds. The third-order valence-electron chi connectivity index (χ3n) is 5.13. The van der Waals surface area contributed by atoms with E-state index in [0.717, 1.165) is 27.8 Å². The smallest absolute Gasteiger partial charge is 0.376 e. The Balaban J connectivity index is 0.000000329. The van der Waals surface area contributed by atoms with E-state index in [1.165, 1.54) is 0 Å². The van der Waals surface area contributed by atoms with Crippen molar-refractivity contribution in [3.63, 3.8) is 0 Å². The molecule has 3 aromatic rings. The molecule has 1 unspecified atom stereocenters. The molecule has 2 radical (unpaired) electrons. The Labute approximate surface area is 178 Å². The van der Waals surface area contributed by atoms with Gasteiger partial charge >= 0.3 is 17.1 Å². The summed E-state index contributed by atoms with van der Waals surface area (Å²) in [6.07, 6.45) is 13.4. The van der Waals surface area contributed by atoms with Crippen LogP contribution in [-0.4, -0.2) is 10.7 Å². The summed E-state index contributed by atoms with van der Waals surface area (Å²) in [6, 6.07) is 26.4. The van der Waals surface area contributed by atoms with Crippen LogP contribution in [0, 0.1) is 31.6 Å². The summed E-state index contributed by atoms with van der Waals surface area (Å²) in [7, 11) is 0. The fourth-order valence-corrected chi connectivity index (χ4v) is 3.89. The van der Waals surface area contributed by atoms with Crippen LogP contribution in [0.2, 0.25) is 0 Å². The average Bonchev–Trinajstić information content (AvgIpc) is 3.49. The standard InChI is InChI=1S/C21H15O.C5H5.Fe/c1-2-21(22,15-9-3-4-10-15)20-18-13-7-5-11-16(18)17-12-6-8-14-19(17)20;1-2-4-5-3-1;/h1,3-14,20,22H;1-5H;/q2*-1;+2. The molecule has 2 aliphatic carbocycles. The van der Waals surface area contributed by atoms with Crippen LogP contribution >= 0.6 is 0 Å². The molecule has 0 fully saturated rings. The maximum Gasteiger partial charge on any atom is 2.00 e. The Morgan fingerprint density at radius 3 is 1.89 bits per heavy atom. The van der Waals surface area contributed by atoms with Crippen molar-refractivity contribution in [2.24, 2.45) is 0 Å². The van der Waals surface area contributed by atoms with E-state index in [2.05, 4.69) is 30.2 Å². The summed E-state index contributed by atoms with van der Waals surface area (Å²) in [5, 5.41) is 11.3. The second-order valence-corrected chi connectivity index (χ2v) is 6.65. The third kappa shape index (κ3) is 3.46. The maximum absolute atomic E-state index is 11.3. The number of benzene rings is 2. The molecule has 2 heteroatoms. The van der Waals surface area contributed by atoms with E-state index in [1.54, 1.807) is 0 Å². The van der Waals surface area contributed by atoms with Crippen LogP contribution in [0.1, 0.15) is 17.0 Å². The molecule has 2 aliphatic rings. The molecule has 0 bridgehead atoms. The minimum absolute atomic E-state index is 0. The van der Waals surface area contributed by atoms with Crippen LogP contribution in [0.4, 0.5) is 0 Å². The van der Waals surface area contributed by atoms with E-state index in [0.29, 0.717) is 0 Å². The Bertz CT molecular complexity index is 931. The summed E-state index contributed by atoms with van der Waals surface area (Å²) < 4.78 is 0. The average molecular weight is 404 g/mol. The van der Waals surface area contributed by atoms with Gasteiger partial charge < -0.3 is 5.11 Å². The minimum Gasteiger partial charge on any atom is -0.376 e. The molecule has 1 N–H and O–H groups in total. The number of terminal acetylenes is 1. The molecule has 0 spiro atoms. The van der Waals surface area contributed by atoms with Crippen LogP contribution in [0.25, 0.3) is 11.1 Å². The van der Waals surface area contributed by atoms with E-state index in [9.17, 15) is 5.11 Å². The van der Waals surface area contributed by atoms with E-state index in [1.807, 2.05) is 79.9 Å². The Morgan fingerprint density at radius 2 is 1.46 bits per heavy atom. The molecule has 0 aliphatic heterocycles. The number of fused-ring (bicyclic) bond motifs is 3. The molecule has 0 saturated carbocycles. The Morgan fingerprint density at radius 1 is 0.893 bits per heavy atom. The van der Waals surface area contributed by atoms with Crippen molar-refractivity contribution in [3.8, 4) is 23.5 Å². The zero-order valence-corrected chi connectivity index (χ0v) is 16.4. The van der Waals surface area contributed by atoms with Crippen molar-refractivity contribution >= 4 is 0 Å². The van der Waals surface area contributed by atoms with Gasteiger partial charge in [0.25, 0.3) is 0 Å². The van der Waals surface area contributed by atoms with E-state index < -0.39 is 5.60 Å². The van der Waals surface area contributed by atoms with Gasteiger partial charge in [-0.2, -0.15) is 23.8 Å². The molecule has 0 saturated heterocycles. The first-order valence-corrected chi connectivity index (χ1v) is 9.03. The van der Waals surface area contributed by atoms with E-state index >= 15 is 0 Å². The maximum atomic E-state index is 11.3. The fourth-order valence-electron chi connectivity index (χ4n) is 3.89. The van der Waals surface area contributed by atoms with E-state index in [4.69, 9.17) is 6.42 Å². The molecule has 28 heavy (non-hydrogen) atoms. The predicted octanol–water partition coefficient (Wildman–Crippen LogP) is 5.12. The second-order valence-electron chi connectivity index (χ2n) is 6.65. The van der Waals surface area contributed by atoms with Crippen LogP contribution in [0.5, 0.6) is 0 Å². The zero-order chi connectivity index (χ0) is 18.7. The predicted molar refractivity (Wildman–Crippen MR) is 111 cm³/mol. The van der Waals surface area contributed by atoms with Gasteiger partial charge in [-0.25, -0.2) is 24.6 Å². The van der Waals surface area contributed by atoms with E-state index in [-0.39, 0.29) is 23.0 Å². The first-order valence-electron chi connectivity index (χ1n) is 9.03. The fraction of sp³-hybridized carbons (Fsp3) is 0.0769. The first-order chi connectivity index (χ1) is 13.3. The molecule has 138 valence electrons. The summed E-state index contributed by atoms with van der Waals surface area (Å²) in [4.78, 5) is 0. The van der Waals surface area contributed by atoms with Crippen LogP contribution in [0.3, 0.4) is 0 Å². The van der Waals surface area contributed by atoms with Crippen molar-refractivity contribution in [1.82, 2.24) is 0 Å². The molecular formula is C26H20FeO. The number of rotatable bonds is 2. The van der Waals surface area contributed by atoms with Gasteiger partial charge in [-0.05, 0) is 22.3 Å². The molecule has 1 nitrogen and oxygen atoms in total. The van der Waals surface area contributed by atoms with Crippen LogP contribution in [-0.2, 0) is 17.1 Å². The van der Waals surface area contributed by atoms with Gasteiger partial charge in [0.1, 0.15) is 5.60 Å². The minimum atomic E-state index is -1.34. The van der Waals surface area contributed by atoms with Crippen LogP contribution < -0.4 is 0 Å². The van der Waals surface area contributed by atoms with Gasteiger partial charge in [0.2, 0.25) is 0 Å². The Hall–Kier alpha value is -2.56. The summed E-state index contributed by atoms with van der Waals surface area (Å²) in [5.74, 6) is 2.42. The number of allylic oxidation sites excluding steroid dienone is 1. The molecule has 0 aromatic heterocycles. The van der Waals surface area contributed by atoms with Gasteiger partial charge in [-0.15, -0.1) is 19.3 Å². The molecule has 0 heterocycles. The van der Waals surface area contributed by atoms with Crippen molar-refractivity contribution in [2.75, 3.05) is 0 Å². The molecule has 3 aromatic carbocycles. The van der Waals surface area contributed by atoms with Gasteiger partial charge in [-0.1, -0.05) is 54.5 Å². The third-order valence-corrected chi connectivity index (χ3v) is 5.13. The number of aliphatic hydroxyl groups is 1. The second kappa shape index (κ2) is 8.63. The van der Waals surface area contributed by atoms with Crippen molar-refractivity contribution in [1.29, 1.82) is 0 Å². The summed E-state index contributed by atoms with van der Waals surface area (Å²) in [6.45, 7) is 0. The Kier molecular flexibility index (Phi) is 6.22.